The van der Waals surface area contributed by atoms with Crippen molar-refractivity contribution in [3.63, 3.8) is 0 Å². The molecule has 0 N–H and O–H groups in total. The maximum absolute atomic E-state index is 13.1. The van der Waals surface area contributed by atoms with Gasteiger partial charge in [-0.05, 0) is 24.3 Å². The molecule has 0 fully saturated rings. The zero-order valence-corrected chi connectivity index (χ0v) is 9.61. The molecule has 2 aromatic heterocycles. The van der Waals surface area contributed by atoms with Crippen LogP contribution in [0.25, 0.3) is 22.2 Å². The second-order valence-corrected chi connectivity index (χ2v) is 4.05. The Morgan fingerprint density at radius 3 is 2.47 bits per heavy atom. The molecular weight excluding hydrogens is 255 g/mol. The van der Waals surface area contributed by atoms with Crippen molar-refractivity contribution in [3.05, 3.63) is 54.4 Å². The Bertz CT molecular complexity index is 717. The Morgan fingerprint density at radius 2 is 1.79 bits per heavy atom. The smallest absolute Gasteiger partial charge is 0.434 e. The minimum Gasteiger partial charge on any atom is -0.464 e. The van der Waals surface area contributed by atoms with Gasteiger partial charge in [0, 0.05) is 10.9 Å². The van der Waals surface area contributed by atoms with E-state index in [1.807, 2.05) is 0 Å². The molecule has 0 spiro atoms. The Morgan fingerprint density at radius 1 is 1.00 bits per heavy atom. The summed E-state index contributed by atoms with van der Waals surface area (Å²) < 4.78 is 44.3. The van der Waals surface area contributed by atoms with Crippen LogP contribution in [0.5, 0.6) is 0 Å². The van der Waals surface area contributed by atoms with Crippen molar-refractivity contribution < 1.29 is 17.6 Å². The molecule has 2 heterocycles. The second-order valence-electron chi connectivity index (χ2n) is 4.05. The van der Waals surface area contributed by atoms with E-state index >= 15 is 0 Å². The van der Waals surface area contributed by atoms with Gasteiger partial charge in [-0.1, -0.05) is 18.2 Å². The van der Waals surface area contributed by atoms with Crippen LogP contribution in [0.3, 0.4) is 0 Å². The van der Waals surface area contributed by atoms with Crippen molar-refractivity contribution in [2.24, 2.45) is 0 Å². The third-order valence-electron chi connectivity index (χ3n) is 2.78. The first kappa shape index (κ1) is 11.8. The minimum absolute atomic E-state index is 0.0452. The lowest BCUT2D eigenvalue weighted by Gasteiger charge is -2.11. The summed E-state index contributed by atoms with van der Waals surface area (Å²) in [5.41, 5.74) is -0.664. The van der Waals surface area contributed by atoms with Crippen LogP contribution in [0.15, 0.2) is 53.1 Å². The van der Waals surface area contributed by atoms with Gasteiger partial charge >= 0.3 is 6.18 Å². The number of hydrogen-bond acceptors (Lipinski definition) is 2. The van der Waals surface area contributed by atoms with Crippen molar-refractivity contribution in [1.82, 2.24) is 4.98 Å². The third-order valence-corrected chi connectivity index (χ3v) is 2.78. The highest BCUT2D eigenvalue weighted by molar-refractivity contribution is 5.84. The van der Waals surface area contributed by atoms with E-state index in [0.29, 0.717) is 10.9 Å². The summed E-state index contributed by atoms with van der Waals surface area (Å²) in [4.78, 5) is 3.72. The lowest BCUT2D eigenvalue weighted by atomic mass is 10.1. The first-order valence-corrected chi connectivity index (χ1v) is 5.56. The summed E-state index contributed by atoms with van der Waals surface area (Å²) in [6.45, 7) is 0. The first-order chi connectivity index (χ1) is 9.05. The zero-order valence-electron chi connectivity index (χ0n) is 9.61. The molecule has 0 unspecified atom stereocenters. The molecular formula is C14H8F3NO. The minimum atomic E-state index is -4.52. The molecule has 96 valence electrons. The van der Waals surface area contributed by atoms with Gasteiger partial charge in [-0.3, -0.25) is 0 Å². The number of benzene rings is 1. The lowest BCUT2D eigenvalue weighted by Crippen LogP contribution is -2.10. The molecule has 0 radical (unpaired) electrons. The van der Waals surface area contributed by atoms with Crippen LogP contribution < -0.4 is 0 Å². The van der Waals surface area contributed by atoms with E-state index in [0.717, 1.165) is 0 Å². The number of nitrogens with zero attached hydrogens (tertiary/aromatic N) is 1. The largest absolute Gasteiger partial charge is 0.464 e. The van der Waals surface area contributed by atoms with Crippen LogP contribution in [-0.4, -0.2) is 4.98 Å². The SMILES string of the molecule is FC(F)(F)c1nc2ccccc2cc1-c1ccco1. The third kappa shape index (κ3) is 2.07. The fourth-order valence-corrected chi connectivity index (χ4v) is 1.95. The number of halogens is 3. The van der Waals surface area contributed by atoms with Gasteiger partial charge in [0.15, 0.2) is 5.69 Å². The summed E-state index contributed by atoms with van der Waals surface area (Å²) in [6.07, 6.45) is -3.18. The topological polar surface area (TPSA) is 26.0 Å². The molecule has 0 aliphatic heterocycles. The van der Waals surface area contributed by atoms with Gasteiger partial charge in [-0.15, -0.1) is 0 Å². The highest BCUT2D eigenvalue weighted by atomic mass is 19.4. The molecule has 0 aliphatic rings. The fraction of sp³-hybridized carbons (Fsp3) is 0.0714. The Hall–Kier alpha value is -2.30. The summed E-state index contributed by atoms with van der Waals surface area (Å²) >= 11 is 0. The lowest BCUT2D eigenvalue weighted by molar-refractivity contribution is -0.140. The van der Waals surface area contributed by atoms with Crippen LogP contribution in [0.2, 0.25) is 0 Å². The Balaban J connectivity index is 2.34. The van der Waals surface area contributed by atoms with Crippen molar-refractivity contribution in [2.75, 3.05) is 0 Å². The number of aromatic nitrogens is 1. The van der Waals surface area contributed by atoms with Crippen molar-refractivity contribution in [3.8, 4) is 11.3 Å². The van der Waals surface area contributed by atoms with Crippen LogP contribution in [0.4, 0.5) is 13.2 Å². The van der Waals surface area contributed by atoms with Gasteiger partial charge in [-0.25, -0.2) is 4.98 Å². The molecule has 3 rings (SSSR count). The van der Waals surface area contributed by atoms with Gasteiger partial charge in [-0.2, -0.15) is 13.2 Å². The molecule has 0 bridgehead atoms. The number of hydrogen-bond donors (Lipinski definition) is 0. The van der Waals surface area contributed by atoms with Gasteiger partial charge in [0.2, 0.25) is 0 Å². The quantitative estimate of drug-likeness (QED) is 0.645. The van der Waals surface area contributed by atoms with Crippen LogP contribution in [-0.2, 0) is 6.18 Å². The standard InChI is InChI=1S/C14H8F3NO/c15-14(16,17)13-10(12-6-3-7-19-12)8-9-4-1-2-5-11(9)18-13/h1-8H. The first-order valence-electron chi connectivity index (χ1n) is 5.56. The summed E-state index contributed by atoms with van der Waals surface area (Å²) in [6, 6.07) is 11.2. The summed E-state index contributed by atoms with van der Waals surface area (Å²) in [7, 11) is 0. The maximum atomic E-state index is 13.1. The molecule has 0 atom stereocenters. The fourth-order valence-electron chi connectivity index (χ4n) is 1.95. The maximum Gasteiger partial charge on any atom is 0.434 e. The van der Waals surface area contributed by atoms with E-state index in [-0.39, 0.29) is 11.3 Å². The molecule has 0 aliphatic carbocycles. The number of rotatable bonds is 1. The van der Waals surface area contributed by atoms with Gasteiger partial charge in [0.1, 0.15) is 5.76 Å². The van der Waals surface area contributed by atoms with Crippen molar-refractivity contribution >= 4 is 10.9 Å². The number of fused-ring (bicyclic) bond motifs is 1. The molecule has 2 nitrogen and oxygen atoms in total. The number of furan rings is 1. The number of alkyl halides is 3. The van der Waals surface area contributed by atoms with E-state index in [2.05, 4.69) is 4.98 Å². The Kier molecular flexibility index (Phi) is 2.55. The highest BCUT2D eigenvalue weighted by Crippen LogP contribution is 2.37. The number of para-hydroxylation sites is 1. The van der Waals surface area contributed by atoms with Crippen LogP contribution in [0.1, 0.15) is 5.69 Å². The van der Waals surface area contributed by atoms with Crippen LogP contribution >= 0.6 is 0 Å². The molecule has 1 aromatic carbocycles. The zero-order chi connectivity index (χ0) is 13.5. The predicted octanol–water partition coefficient (Wildman–Crippen LogP) is 4.51. The van der Waals surface area contributed by atoms with Gasteiger partial charge < -0.3 is 4.42 Å². The van der Waals surface area contributed by atoms with Gasteiger partial charge in [0.25, 0.3) is 0 Å². The van der Waals surface area contributed by atoms with Gasteiger partial charge in [0.05, 0.1) is 11.8 Å². The van der Waals surface area contributed by atoms with Crippen molar-refractivity contribution in [2.45, 2.75) is 6.18 Å². The molecule has 19 heavy (non-hydrogen) atoms. The monoisotopic (exact) mass is 263 g/mol. The predicted molar refractivity (Wildman–Crippen MR) is 64.4 cm³/mol. The molecule has 0 saturated heterocycles. The van der Waals surface area contributed by atoms with E-state index < -0.39 is 11.9 Å². The van der Waals surface area contributed by atoms with E-state index in [9.17, 15) is 13.2 Å². The van der Waals surface area contributed by atoms with E-state index in [1.54, 1.807) is 30.3 Å². The molecule has 3 aromatic rings. The van der Waals surface area contributed by atoms with Crippen LogP contribution in [0, 0.1) is 0 Å². The van der Waals surface area contributed by atoms with Crippen molar-refractivity contribution in [1.29, 1.82) is 0 Å². The van der Waals surface area contributed by atoms with E-state index in [1.165, 1.54) is 18.4 Å². The average Bonchev–Trinajstić information content (AvgIpc) is 2.90. The van der Waals surface area contributed by atoms with E-state index in [4.69, 9.17) is 4.42 Å². The number of pyridine rings is 1. The summed E-state index contributed by atoms with van der Waals surface area (Å²) in [5.74, 6) is 0.158. The highest BCUT2D eigenvalue weighted by Gasteiger charge is 2.36. The summed E-state index contributed by atoms with van der Waals surface area (Å²) in [5, 5.41) is 0.641. The molecule has 0 amide bonds. The average molecular weight is 263 g/mol. The second kappa shape index (κ2) is 4.12. The molecule has 0 saturated carbocycles. The molecule has 5 heteroatoms. The Labute approximate surface area is 106 Å². The normalized spacial score (nSPS) is 11.9.